The molecule has 8 heteroatoms. The van der Waals surface area contributed by atoms with Gasteiger partial charge in [-0.2, -0.15) is 0 Å². The third-order valence-electron chi connectivity index (χ3n) is 6.06. The quantitative estimate of drug-likeness (QED) is 0.122. The fraction of sp³-hybridized carbons (Fsp3) is 0.0323. The highest BCUT2D eigenvalue weighted by Gasteiger charge is 2.22. The SMILES string of the molecule is O=C(Nc1ccc(SC(C(=O)Nc2ccc3ccccc3c2)c2ccccc2)cc1)c1ccc([N+](=O)[O-])cc1. The van der Waals surface area contributed by atoms with E-state index in [0.29, 0.717) is 11.3 Å². The van der Waals surface area contributed by atoms with Crippen LogP contribution in [0.1, 0.15) is 21.2 Å². The van der Waals surface area contributed by atoms with Crippen molar-refractivity contribution in [1.29, 1.82) is 0 Å². The first-order chi connectivity index (χ1) is 19.0. The zero-order valence-electron chi connectivity index (χ0n) is 20.6. The summed E-state index contributed by atoms with van der Waals surface area (Å²) < 4.78 is 0. The number of hydrogen-bond donors (Lipinski definition) is 2. The lowest BCUT2D eigenvalue weighted by molar-refractivity contribution is -0.384. The second kappa shape index (κ2) is 11.6. The van der Waals surface area contributed by atoms with Crippen LogP contribution in [0.4, 0.5) is 17.1 Å². The minimum Gasteiger partial charge on any atom is -0.325 e. The molecule has 0 saturated carbocycles. The molecule has 7 nitrogen and oxygen atoms in total. The number of fused-ring (bicyclic) bond motifs is 1. The van der Waals surface area contributed by atoms with E-state index in [2.05, 4.69) is 10.6 Å². The van der Waals surface area contributed by atoms with Crippen LogP contribution in [0.2, 0.25) is 0 Å². The summed E-state index contributed by atoms with van der Waals surface area (Å²) in [6.07, 6.45) is 0. The molecule has 1 unspecified atom stereocenters. The van der Waals surface area contributed by atoms with E-state index in [1.807, 2.05) is 84.9 Å². The molecule has 0 saturated heterocycles. The van der Waals surface area contributed by atoms with Crippen LogP contribution in [0.3, 0.4) is 0 Å². The monoisotopic (exact) mass is 533 g/mol. The first-order valence-corrected chi connectivity index (χ1v) is 13.0. The average Bonchev–Trinajstić information content (AvgIpc) is 2.97. The second-order valence-corrected chi connectivity index (χ2v) is 9.92. The summed E-state index contributed by atoms with van der Waals surface area (Å²) in [6.45, 7) is 0. The number of nitro benzene ring substituents is 1. The van der Waals surface area contributed by atoms with Gasteiger partial charge in [-0.05, 0) is 64.9 Å². The van der Waals surface area contributed by atoms with E-state index in [0.717, 1.165) is 26.9 Å². The first-order valence-electron chi connectivity index (χ1n) is 12.1. The van der Waals surface area contributed by atoms with E-state index >= 15 is 0 Å². The Bertz CT molecular complexity index is 1640. The molecule has 5 rings (SSSR count). The molecule has 2 amide bonds. The Morgan fingerprint density at radius 2 is 1.33 bits per heavy atom. The maximum absolute atomic E-state index is 13.5. The molecule has 0 aliphatic rings. The number of carbonyl (C=O) groups is 2. The van der Waals surface area contributed by atoms with Gasteiger partial charge in [-0.3, -0.25) is 19.7 Å². The summed E-state index contributed by atoms with van der Waals surface area (Å²) >= 11 is 1.41. The molecule has 0 fully saturated rings. The van der Waals surface area contributed by atoms with Crippen LogP contribution in [0.25, 0.3) is 10.8 Å². The lowest BCUT2D eigenvalue weighted by Crippen LogP contribution is -2.19. The van der Waals surface area contributed by atoms with Gasteiger partial charge in [-0.15, -0.1) is 11.8 Å². The molecule has 0 heterocycles. The van der Waals surface area contributed by atoms with Gasteiger partial charge >= 0.3 is 0 Å². The predicted octanol–water partition coefficient (Wildman–Crippen LogP) is 7.47. The van der Waals surface area contributed by atoms with Gasteiger partial charge in [0, 0.05) is 34.0 Å². The summed E-state index contributed by atoms with van der Waals surface area (Å²) in [6, 6.07) is 36.0. The van der Waals surface area contributed by atoms with Gasteiger partial charge in [0.25, 0.3) is 11.6 Å². The van der Waals surface area contributed by atoms with Gasteiger partial charge < -0.3 is 10.6 Å². The van der Waals surface area contributed by atoms with E-state index < -0.39 is 10.2 Å². The van der Waals surface area contributed by atoms with Gasteiger partial charge in [0.15, 0.2) is 0 Å². The number of nitrogens with one attached hydrogen (secondary N) is 2. The fourth-order valence-corrected chi connectivity index (χ4v) is 5.09. The fourth-order valence-electron chi connectivity index (χ4n) is 4.07. The molecule has 0 radical (unpaired) electrons. The topological polar surface area (TPSA) is 101 Å². The Hall–Kier alpha value is -4.95. The predicted molar refractivity (Wildman–Crippen MR) is 155 cm³/mol. The highest BCUT2D eigenvalue weighted by atomic mass is 32.2. The average molecular weight is 534 g/mol. The lowest BCUT2D eigenvalue weighted by Gasteiger charge is -2.18. The van der Waals surface area contributed by atoms with E-state index in [4.69, 9.17) is 0 Å². The molecule has 0 aliphatic carbocycles. The maximum atomic E-state index is 13.5. The Labute approximate surface area is 229 Å². The van der Waals surface area contributed by atoms with Gasteiger partial charge in [0.05, 0.1) is 4.92 Å². The number of amides is 2. The van der Waals surface area contributed by atoms with Gasteiger partial charge in [-0.1, -0.05) is 60.7 Å². The standard InChI is InChI=1S/C31H23N3O4S/c35-30(23-11-16-27(17-12-23)34(37)38)32-25-14-18-28(19-15-25)39-29(22-7-2-1-3-8-22)31(36)33-26-13-10-21-6-4-5-9-24(21)20-26/h1-20,29H,(H,32,35)(H,33,36). The Morgan fingerprint density at radius 3 is 2.03 bits per heavy atom. The van der Waals surface area contributed by atoms with Crippen molar-refractivity contribution in [2.45, 2.75) is 10.1 Å². The minimum absolute atomic E-state index is 0.0782. The minimum atomic E-state index is -0.511. The second-order valence-electron chi connectivity index (χ2n) is 8.74. The van der Waals surface area contributed by atoms with Crippen LogP contribution < -0.4 is 10.6 Å². The Morgan fingerprint density at radius 1 is 0.692 bits per heavy atom. The third kappa shape index (κ3) is 6.31. The number of carbonyl (C=O) groups excluding carboxylic acids is 2. The van der Waals surface area contributed by atoms with Crippen molar-refractivity contribution in [2.24, 2.45) is 0 Å². The van der Waals surface area contributed by atoms with Crippen LogP contribution >= 0.6 is 11.8 Å². The summed E-state index contributed by atoms with van der Waals surface area (Å²) in [5.74, 6) is -0.515. The van der Waals surface area contributed by atoms with E-state index in [1.54, 1.807) is 12.1 Å². The molecule has 0 bridgehead atoms. The summed E-state index contributed by atoms with van der Waals surface area (Å²) in [4.78, 5) is 37.2. The van der Waals surface area contributed by atoms with Crippen molar-refractivity contribution in [3.05, 3.63) is 143 Å². The normalized spacial score (nSPS) is 11.5. The van der Waals surface area contributed by atoms with Gasteiger partial charge in [0.1, 0.15) is 5.25 Å². The van der Waals surface area contributed by atoms with Crippen molar-refractivity contribution in [1.82, 2.24) is 0 Å². The zero-order chi connectivity index (χ0) is 27.2. The van der Waals surface area contributed by atoms with Crippen molar-refractivity contribution < 1.29 is 14.5 Å². The maximum Gasteiger partial charge on any atom is 0.269 e. The first kappa shape index (κ1) is 25.7. The molecule has 5 aromatic carbocycles. The van der Waals surface area contributed by atoms with E-state index in [-0.39, 0.29) is 17.5 Å². The van der Waals surface area contributed by atoms with E-state index in [9.17, 15) is 19.7 Å². The van der Waals surface area contributed by atoms with Crippen LogP contribution in [-0.2, 0) is 4.79 Å². The van der Waals surface area contributed by atoms with Crippen LogP contribution in [0.5, 0.6) is 0 Å². The smallest absolute Gasteiger partial charge is 0.269 e. The summed E-state index contributed by atoms with van der Waals surface area (Å²) in [5, 5.41) is 18.3. The molecule has 5 aromatic rings. The molecule has 192 valence electrons. The summed E-state index contributed by atoms with van der Waals surface area (Å²) in [5.41, 5.74) is 2.40. The van der Waals surface area contributed by atoms with Crippen molar-refractivity contribution >= 4 is 51.4 Å². The van der Waals surface area contributed by atoms with Crippen molar-refractivity contribution in [3.63, 3.8) is 0 Å². The van der Waals surface area contributed by atoms with E-state index in [1.165, 1.54) is 36.0 Å². The number of thioether (sulfide) groups is 1. The molecule has 39 heavy (non-hydrogen) atoms. The van der Waals surface area contributed by atoms with Crippen LogP contribution in [0, 0.1) is 10.1 Å². The highest BCUT2D eigenvalue weighted by molar-refractivity contribution is 8.00. The third-order valence-corrected chi connectivity index (χ3v) is 7.33. The number of benzene rings is 5. The molecule has 0 aliphatic heterocycles. The van der Waals surface area contributed by atoms with Gasteiger partial charge in [-0.25, -0.2) is 0 Å². The molecule has 0 aromatic heterocycles. The van der Waals surface area contributed by atoms with Crippen molar-refractivity contribution in [2.75, 3.05) is 10.6 Å². The molecule has 1 atom stereocenters. The molecule has 2 N–H and O–H groups in total. The van der Waals surface area contributed by atoms with Crippen LogP contribution in [-0.4, -0.2) is 16.7 Å². The summed E-state index contributed by atoms with van der Waals surface area (Å²) in [7, 11) is 0. The number of rotatable bonds is 8. The number of anilines is 2. The molecular formula is C31H23N3O4S. The lowest BCUT2D eigenvalue weighted by atomic mass is 10.1. The molecular weight excluding hydrogens is 510 g/mol. The Balaban J connectivity index is 1.30. The number of nitro groups is 1. The number of non-ortho nitro benzene ring substituents is 1. The zero-order valence-corrected chi connectivity index (χ0v) is 21.4. The van der Waals surface area contributed by atoms with Crippen molar-refractivity contribution in [3.8, 4) is 0 Å². The molecule has 0 spiro atoms. The highest BCUT2D eigenvalue weighted by Crippen LogP contribution is 2.37. The number of hydrogen-bond acceptors (Lipinski definition) is 5. The van der Waals surface area contributed by atoms with Gasteiger partial charge in [0.2, 0.25) is 5.91 Å². The van der Waals surface area contributed by atoms with Crippen LogP contribution in [0.15, 0.2) is 126 Å². The number of nitrogens with zero attached hydrogens (tertiary/aromatic N) is 1. The largest absolute Gasteiger partial charge is 0.325 e. The Kier molecular flexibility index (Phi) is 7.65.